The van der Waals surface area contributed by atoms with Gasteiger partial charge in [-0.05, 0) is 43.7 Å². The second-order valence-electron chi connectivity index (χ2n) is 5.27. The normalized spacial score (nSPS) is 28.9. The summed E-state index contributed by atoms with van der Waals surface area (Å²) in [5, 5.41) is 0. The molecule has 0 spiro atoms. The van der Waals surface area contributed by atoms with Gasteiger partial charge in [0, 0.05) is 12.6 Å². The summed E-state index contributed by atoms with van der Waals surface area (Å²) in [6, 6.07) is 5.74. The monoisotopic (exact) mass is 234 g/mol. The van der Waals surface area contributed by atoms with Crippen LogP contribution in [0.5, 0.6) is 0 Å². The minimum Gasteiger partial charge on any atom is -0.353 e. The molecule has 2 heterocycles. The van der Waals surface area contributed by atoms with Crippen LogP contribution in [0.15, 0.2) is 18.2 Å². The van der Waals surface area contributed by atoms with Crippen LogP contribution in [-0.4, -0.2) is 17.6 Å². The van der Waals surface area contributed by atoms with Crippen LogP contribution in [0.3, 0.4) is 0 Å². The molecule has 1 aliphatic carbocycles. The Hall–Kier alpha value is -1.12. The smallest absolute Gasteiger partial charge is 0.214 e. The van der Waals surface area contributed by atoms with Crippen molar-refractivity contribution in [3.63, 3.8) is 0 Å². The van der Waals surface area contributed by atoms with Gasteiger partial charge in [0.05, 0.1) is 0 Å². The molecule has 2 atom stereocenters. The molecule has 3 rings (SSSR count). The molecule has 0 N–H and O–H groups in total. The van der Waals surface area contributed by atoms with E-state index >= 15 is 0 Å². The Kier molecular flexibility index (Phi) is 3.00. The number of rotatable bonds is 1. The Bertz CT molecular complexity index is 392. The maximum Gasteiger partial charge on any atom is 0.214 e. The van der Waals surface area contributed by atoms with Crippen molar-refractivity contribution >= 4 is 5.82 Å². The minimum atomic E-state index is -0.361. The van der Waals surface area contributed by atoms with Gasteiger partial charge in [0.1, 0.15) is 5.82 Å². The van der Waals surface area contributed by atoms with E-state index in [1.54, 1.807) is 6.07 Å². The van der Waals surface area contributed by atoms with Gasteiger partial charge in [-0.3, -0.25) is 0 Å². The highest BCUT2D eigenvalue weighted by Crippen LogP contribution is 2.37. The Morgan fingerprint density at radius 2 is 1.94 bits per heavy atom. The third-order valence-corrected chi connectivity index (χ3v) is 4.24. The number of anilines is 1. The van der Waals surface area contributed by atoms with E-state index in [9.17, 15) is 4.39 Å². The lowest BCUT2D eigenvalue weighted by Crippen LogP contribution is -2.47. The van der Waals surface area contributed by atoms with Gasteiger partial charge >= 0.3 is 0 Å². The number of halogens is 1. The lowest BCUT2D eigenvalue weighted by Gasteiger charge is -2.44. The first-order valence-electron chi connectivity index (χ1n) is 6.74. The summed E-state index contributed by atoms with van der Waals surface area (Å²) in [6.07, 6.45) is 7.84. The fraction of sp³-hybridized carbons (Fsp3) is 0.643. The fourth-order valence-corrected chi connectivity index (χ4v) is 3.47. The van der Waals surface area contributed by atoms with Gasteiger partial charge in [0.2, 0.25) is 5.95 Å². The van der Waals surface area contributed by atoms with Crippen LogP contribution in [-0.2, 0) is 0 Å². The molecule has 0 bridgehead atoms. The van der Waals surface area contributed by atoms with Gasteiger partial charge < -0.3 is 4.90 Å². The van der Waals surface area contributed by atoms with Gasteiger partial charge in [-0.15, -0.1) is 0 Å². The van der Waals surface area contributed by atoms with Gasteiger partial charge in [0.25, 0.3) is 0 Å². The van der Waals surface area contributed by atoms with Gasteiger partial charge in [0.15, 0.2) is 0 Å². The highest BCUT2D eigenvalue weighted by atomic mass is 19.1. The molecule has 1 aromatic heterocycles. The van der Waals surface area contributed by atoms with Crippen LogP contribution in [0.2, 0.25) is 0 Å². The van der Waals surface area contributed by atoms with Gasteiger partial charge in [-0.25, -0.2) is 4.98 Å². The second-order valence-corrected chi connectivity index (χ2v) is 5.27. The van der Waals surface area contributed by atoms with E-state index in [1.807, 2.05) is 6.07 Å². The summed E-state index contributed by atoms with van der Waals surface area (Å²) in [5.74, 6) is 1.28. The van der Waals surface area contributed by atoms with E-state index in [0.29, 0.717) is 6.04 Å². The van der Waals surface area contributed by atoms with Crippen LogP contribution in [0.1, 0.15) is 38.5 Å². The molecule has 0 amide bonds. The SMILES string of the molecule is Fc1cccc(N2CCC[C@H]3CCCC[C@H]32)n1. The number of fused-ring (bicyclic) bond motifs is 1. The summed E-state index contributed by atoms with van der Waals surface area (Å²) in [5.41, 5.74) is 0. The summed E-state index contributed by atoms with van der Waals surface area (Å²) < 4.78 is 13.2. The van der Waals surface area contributed by atoms with E-state index in [4.69, 9.17) is 0 Å². The quantitative estimate of drug-likeness (QED) is 0.692. The molecule has 2 nitrogen and oxygen atoms in total. The molecule has 3 heteroatoms. The molecule has 2 fully saturated rings. The zero-order valence-corrected chi connectivity index (χ0v) is 10.1. The number of piperidine rings is 1. The van der Waals surface area contributed by atoms with Gasteiger partial charge in [-0.2, -0.15) is 4.39 Å². The summed E-state index contributed by atoms with van der Waals surface area (Å²) >= 11 is 0. The molecule has 17 heavy (non-hydrogen) atoms. The average molecular weight is 234 g/mol. The van der Waals surface area contributed by atoms with E-state index < -0.39 is 0 Å². The second kappa shape index (κ2) is 4.63. The Balaban J connectivity index is 1.85. The molecule has 1 aromatic rings. The van der Waals surface area contributed by atoms with Crippen molar-refractivity contribution in [3.05, 3.63) is 24.1 Å². The molecule has 0 aromatic carbocycles. The minimum absolute atomic E-state index is 0.361. The first-order chi connectivity index (χ1) is 8.34. The van der Waals surface area contributed by atoms with Crippen LogP contribution < -0.4 is 4.90 Å². The zero-order chi connectivity index (χ0) is 11.7. The summed E-state index contributed by atoms with van der Waals surface area (Å²) in [6.45, 7) is 1.04. The molecule has 1 saturated heterocycles. The molecule has 2 aliphatic rings. The molecule has 0 unspecified atom stereocenters. The highest BCUT2D eigenvalue weighted by Gasteiger charge is 2.33. The van der Waals surface area contributed by atoms with Crippen LogP contribution in [0, 0.1) is 11.9 Å². The third-order valence-electron chi connectivity index (χ3n) is 4.24. The van der Waals surface area contributed by atoms with Crippen LogP contribution in [0.4, 0.5) is 10.2 Å². The van der Waals surface area contributed by atoms with Crippen molar-refractivity contribution in [2.75, 3.05) is 11.4 Å². The first kappa shape index (κ1) is 11.0. The Morgan fingerprint density at radius 1 is 1.12 bits per heavy atom. The summed E-state index contributed by atoms with van der Waals surface area (Å²) in [4.78, 5) is 6.39. The summed E-state index contributed by atoms with van der Waals surface area (Å²) in [7, 11) is 0. The maximum atomic E-state index is 13.2. The molecular weight excluding hydrogens is 215 g/mol. The predicted molar refractivity (Wildman–Crippen MR) is 66.5 cm³/mol. The number of aromatic nitrogens is 1. The van der Waals surface area contributed by atoms with Crippen LogP contribution in [0.25, 0.3) is 0 Å². The van der Waals surface area contributed by atoms with Crippen molar-refractivity contribution in [3.8, 4) is 0 Å². The standard InChI is InChI=1S/C14H19FN2/c15-13-8-3-9-14(16-13)17-10-4-6-11-5-1-2-7-12(11)17/h3,8-9,11-12H,1-2,4-7,10H2/t11-,12-/m1/s1. The Morgan fingerprint density at radius 3 is 2.82 bits per heavy atom. The lowest BCUT2D eigenvalue weighted by molar-refractivity contribution is 0.242. The molecule has 0 radical (unpaired) electrons. The van der Waals surface area contributed by atoms with Crippen molar-refractivity contribution in [2.24, 2.45) is 5.92 Å². The van der Waals surface area contributed by atoms with Crippen molar-refractivity contribution in [1.82, 2.24) is 4.98 Å². The van der Waals surface area contributed by atoms with Crippen molar-refractivity contribution in [1.29, 1.82) is 0 Å². The number of nitrogens with zero attached hydrogens (tertiary/aromatic N) is 2. The van der Waals surface area contributed by atoms with E-state index in [2.05, 4.69) is 9.88 Å². The largest absolute Gasteiger partial charge is 0.353 e. The lowest BCUT2D eigenvalue weighted by atomic mass is 9.78. The average Bonchev–Trinajstić information content (AvgIpc) is 2.38. The van der Waals surface area contributed by atoms with E-state index in [-0.39, 0.29) is 5.95 Å². The van der Waals surface area contributed by atoms with Crippen LogP contribution >= 0.6 is 0 Å². The third kappa shape index (κ3) is 2.15. The van der Waals surface area contributed by atoms with Crippen molar-refractivity contribution in [2.45, 2.75) is 44.6 Å². The Labute approximate surface area is 102 Å². The predicted octanol–water partition coefficient (Wildman–Crippen LogP) is 3.38. The number of hydrogen-bond acceptors (Lipinski definition) is 2. The molecule has 92 valence electrons. The number of pyridine rings is 1. The zero-order valence-electron chi connectivity index (χ0n) is 10.1. The molecule has 1 aliphatic heterocycles. The van der Waals surface area contributed by atoms with E-state index in [0.717, 1.165) is 18.3 Å². The van der Waals surface area contributed by atoms with Crippen molar-refractivity contribution < 1.29 is 4.39 Å². The first-order valence-corrected chi connectivity index (χ1v) is 6.74. The number of hydrogen-bond donors (Lipinski definition) is 0. The van der Waals surface area contributed by atoms with E-state index in [1.165, 1.54) is 44.6 Å². The molecular formula is C14H19FN2. The fourth-order valence-electron chi connectivity index (χ4n) is 3.47. The highest BCUT2D eigenvalue weighted by molar-refractivity contribution is 5.40. The topological polar surface area (TPSA) is 16.1 Å². The maximum absolute atomic E-state index is 13.2. The molecule has 1 saturated carbocycles. The van der Waals surface area contributed by atoms with Gasteiger partial charge in [-0.1, -0.05) is 18.9 Å².